The number of aromatic nitrogens is 2. The Morgan fingerprint density at radius 2 is 2.03 bits per heavy atom. The number of nitrogens with one attached hydrogen (secondary N) is 2. The number of carbonyl (C=O) groups excluding carboxylic acids is 1. The van der Waals surface area contributed by atoms with E-state index in [4.69, 9.17) is 11.0 Å². The van der Waals surface area contributed by atoms with Gasteiger partial charge in [0.2, 0.25) is 5.91 Å². The summed E-state index contributed by atoms with van der Waals surface area (Å²) in [5, 5.41) is 27.3. The zero-order chi connectivity index (χ0) is 21.3. The van der Waals surface area contributed by atoms with Crippen molar-refractivity contribution in [1.82, 2.24) is 15.3 Å². The molecule has 0 saturated carbocycles. The Kier molecular flexibility index (Phi) is 7.45. The van der Waals surface area contributed by atoms with Crippen molar-refractivity contribution in [2.24, 2.45) is 0 Å². The first kappa shape index (κ1) is 21.4. The Labute approximate surface area is 178 Å². The highest BCUT2D eigenvalue weighted by molar-refractivity contribution is 7.13. The molecule has 3 aromatic rings. The molecule has 2 heterocycles. The zero-order valence-corrected chi connectivity index (χ0v) is 17.0. The van der Waals surface area contributed by atoms with Crippen LogP contribution in [0.1, 0.15) is 28.7 Å². The molecule has 0 saturated heterocycles. The molecule has 0 unspecified atom stereocenters. The van der Waals surface area contributed by atoms with Crippen molar-refractivity contribution in [3.8, 4) is 6.07 Å². The summed E-state index contributed by atoms with van der Waals surface area (Å²) in [6, 6.07) is 14.6. The molecule has 1 aromatic carbocycles. The standard InChI is InChI=1S/C21H22N6O2S/c22-11-16-2-1-3-18(25-16)19(28)12-24-9-8-14-4-6-15(7-5-14)26-20(29)10-17-13-30-21(23)27-17/h1-7,13,19,24,28H,8-10,12H2,(H2,23,27)(H,26,29)/t19-/m0/s1. The lowest BCUT2D eigenvalue weighted by Crippen LogP contribution is -2.24. The summed E-state index contributed by atoms with van der Waals surface area (Å²) < 4.78 is 0. The third kappa shape index (κ3) is 6.35. The van der Waals surface area contributed by atoms with Crippen LogP contribution in [0.3, 0.4) is 0 Å². The summed E-state index contributed by atoms with van der Waals surface area (Å²) in [6.45, 7) is 1.02. The van der Waals surface area contributed by atoms with Crippen LogP contribution in [0.15, 0.2) is 47.8 Å². The van der Waals surface area contributed by atoms with Crippen LogP contribution in [0, 0.1) is 11.3 Å². The fraction of sp³-hybridized carbons (Fsp3) is 0.238. The van der Waals surface area contributed by atoms with Crippen molar-refractivity contribution in [2.75, 3.05) is 24.1 Å². The Hall–Kier alpha value is -3.32. The van der Waals surface area contributed by atoms with E-state index in [2.05, 4.69) is 20.6 Å². The Morgan fingerprint density at radius 3 is 2.73 bits per heavy atom. The van der Waals surface area contributed by atoms with Crippen LogP contribution < -0.4 is 16.4 Å². The molecule has 0 aliphatic heterocycles. The van der Waals surface area contributed by atoms with Gasteiger partial charge in [0.1, 0.15) is 17.9 Å². The molecule has 30 heavy (non-hydrogen) atoms. The summed E-state index contributed by atoms with van der Waals surface area (Å²) in [6.07, 6.45) is 0.183. The van der Waals surface area contributed by atoms with Crippen LogP contribution in [0.4, 0.5) is 10.8 Å². The molecule has 0 aliphatic rings. The lowest BCUT2D eigenvalue weighted by Gasteiger charge is -2.12. The average molecular weight is 423 g/mol. The van der Waals surface area contributed by atoms with Crippen LogP contribution in [0.25, 0.3) is 0 Å². The maximum Gasteiger partial charge on any atom is 0.230 e. The summed E-state index contributed by atoms with van der Waals surface area (Å²) >= 11 is 1.31. The maximum absolute atomic E-state index is 12.1. The molecule has 0 radical (unpaired) electrons. The van der Waals surface area contributed by atoms with Crippen LogP contribution in [-0.2, 0) is 17.6 Å². The van der Waals surface area contributed by atoms with Gasteiger partial charge in [0.25, 0.3) is 0 Å². The summed E-state index contributed by atoms with van der Waals surface area (Å²) in [7, 11) is 0. The van der Waals surface area contributed by atoms with Crippen LogP contribution >= 0.6 is 11.3 Å². The molecule has 0 spiro atoms. The summed E-state index contributed by atoms with van der Waals surface area (Å²) in [4.78, 5) is 20.2. The summed E-state index contributed by atoms with van der Waals surface area (Å²) in [5.74, 6) is -0.141. The van der Waals surface area contributed by atoms with E-state index in [9.17, 15) is 9.90 Å². The average Bonchev–Trinajstić information content (AvgIpc) is 3.16. The van der Waals surface area contributed by atoms with Crippen molar-refractivity contribution in [3.63, 3.8) is 0 Å². The third-order valence-electron chi connectivity index (χ3n) is 4.30. The number of nitrogen functional groups attached to an aromatic ring is 1. The fourth-order valence-electron chi connectivity index (χ4n) is 2.80. The highest BCUT2D eigenvalue weighted by Crippen LogP contribution is 2.14. The van der Waals surface area contributed by atoms with Gasteiger partial charge in [-0.15, -0.1) is 11.3 Å². The molecular formula is C21H22N6O2S. The smallest absolute Gasteiger partial charge is 0.230 e. The van der Waals surface area contributed by atoms with Crippen molar-refractivity contribution < 1.29 is 9.90 Å². The van der Waals surface area contributed by atoms with E-state index >= 15 is 0 Å². The van der Waals surface area contributed by atoms with E-state index in [0.717, 1.165) is 17.7 Å². The van der Waals surface area contributed by atoms with Gasteiger partial charge in [-0.05, 0) is 42.8 Å². The number of rotatable bonds is 9. The molecule has 0 fully saturated rings. The molecule has 8 nitrogen and oxygen atoms in total. The van der Waals surface area contributed by atoms with E-state index in [1.807, 2.05) is 30.3 Å². The molecule has 3 rings (SSSR count). The number of pyridine rings is 1. The number of nitrogens with two attached hydrogens (primary N) is 1. The first-order valence-electron chi connectivity index (χ1n) is 9.38. The van der Waals surface area contributed by atoms with Crippen molar-refractivity contribution in [1.29, 1.82) is 5.26 Å². The second-order valence-corrected chi connectivity index (χ2v) is 7.52. The molecule has 2 aromatic heterocycles. The van der Waals surface area contributed by atoms with Gasteiger partial charge in [0, 0.05) is 17.6 Å². The number of nitriles is 1. The number of benzene rings is 1. The molecule has 0 bridgehead atoms. The third-order valence-corrected chi connectivity index (χ3v) is 5.03. The van der Waals surface area contributed by atoms with Crippen molar-refractivity contribution in [2.45, 2.75) is 18.9 Å². The predicted octanol–water partition coefficient (Wildman–Crippen LogP) is 2.04. The first-order valence-corrected chi connectivity index (χ1v) is 10.3. The number of hydrogen-bond acceptors (Lipinski definition) is 8. The largest absolute Gasteiger partial charge is 0.385 e. The predicted molar refractivity (Wildman–Crippen MR) is 116 cm³/mol. The van der Waals surface area contributed by atoms with Gasteiger partial charge < -0.3 is 21.5 Å². The van der Waals surface area contributed by atoms with Gasteiger partial charge in [0.15, 0.2) is 5.13 Å². The van der Waals surface area contributed by atoms with Gasteiger partial charge in [0.05, 0.1) is 17.8 Å². The minimum Gasteiger partial charge on any atom is -0.385 e. The number of aliphatic hydroxyl groups is 1. The van der Waals surface area contributed by atoms with Gasteiger partial charge in [-0.25, -0.2) is 9.97 Å². The van der Waals surface area contributed by atoms with Gasteiger partial charge in [-0.2, -0.15) is 5.26 Å². The molecule has 1 amide bonds. The van der Waals surface area contributed by atoms with Crippen molar-refractivity contribution >= 4 is 28.1 Å². The molecule has 5 N–H and O–H groups in total. The zero-order valence-electron chi connectivity index (χ0n) is 16.2. The Balaban J connectivity index is 1.40. The lowest BCUT2D eigenvalue weighted by atomic mass is 10.1. The molecule has 1 atom stereocenters. The van der Waals surface area contributed by atoms with Crippen LogP contribution in [0.5, 0.6) is 0 Å². The van der Waals surface area contributed by atoms with Gasteiger partial charge >= 0.3 is 0 Å². The second kappa shape index (κ2) is 10.5. The van der Waals surface area contributed by atoms with Crippen LogP contribution in [0.2, 0.25) is 0 Å². The number of carbonyl (C=O) groups is 1. The maximum atomic E-state index is 12.1. The SMILES string of the molecule is N#Cc1cccc([C@@H](O)CNCCc2ccc(NC(=O)Cc3csc(N)n3)cc2)n1. The fourth-order valence-corrected chi connectivity index (χ4v) is 3.37. The molecule has 154 valence electrons. The number of thiazole rings is 1. The van der Waals surface area contributed by atoms with E-state index in [1.54, 1.807) is 23.6 Å². The number of aliphatic hydroxyl groups excluding tert-OH is 1. The molecular weight excluding hydrogens is 400 g/mol. The monoisotopic (exact) mass is 422 g/mol. The van der Waals surface area contributed by atoms with E-state index in [1.165, 1.54) is 11.3 Å². The quantitative estimate of drug-likeness (QED) is 0.387. The molecule has 0 aliphatic carbocycles. The number of nitrogens with zero attached hydrogens (tertiary/aromatic N) is 3. The highest BCUT2D eigenvalue weighted by atomic mass is 32.1. The lowest BCUT2D eigenvalue weighted by molar-refractivity contribution is -0.115. The first-order chi connectivity index (χ1) is 14.5. The van der Waals surface area contributed by atoms with E-state index < -0.39 is 6.10 Å². The topological polar surface area (TPSA) is 137 Å². The minimum atomic E-state index is -0.774. The second-order valence-electron chi connectivity index (χ2n) is 6.63. The normalized spacial score (nSPS) is 11.6. The van der Waals surface area contributed by atoms with Gasteiger partial charge in [-0.1, -0.05) is 18.2 Å². The highest BCUT2D eigenvalue weighted by Gasteiger charge is 2.10. The Morgan fingerprint density at radius 1 is 1.23 bits per heavy atom. The van der Waals surface area contributed by atoms with E-state index in [0.29, 0.717) is 29.6 Å². The van der Waals surface area contributed by atoms with Crippen molar-refractivity contribution in [3.05, 3.63) is 70.5 Å². The van der Waals surface area contributed by atoms with E-state index in [-0.39, 0.29) is 18.0 Å². The molecule has 9 heteroatoms. The van der Waals surface area contributed by atoms with Crippen LogP contribution in [-0.4, -0.2) is 34.1 Å². The Bertz CT molecular complexity index is 1030. The number of amides is 1. The summed E-state index contributed by atoms with van der Waals surface area (Å²) in [5.41, 5.74) is 8.82. The van der Waals surface area contributed by atoms with Gasteiger partial charge in [-0.3, -0.25) is 4.79 Å². The number of hydrogen-bond donors (Lipinski definition) is 4. The number of anilines is 2. The minimum absolute atomic E-state index is 0.141.